The molecule has 2 aliphatic heterocycles. The fraction of sp³-hybridized carbons (Fsp3) is 0.667. The minimum Gasteiger partial charge on any atom is -0.379 e. The molecule has 1 atom stereocenters. The normalized spacial score (nSPS) is 25.9. The maximum Gasteiger partial charge on any atom is 0.256 e. The number of likely N-dealkylation sites (N-methyl/N-ethyl adjacent to an activating group) is 1. The lowest BCUT2D eigenvalue weighted by Gasteiger charge is -2.43. The van der Waals surface area contributed by atoms with Gasteiger partial charge in [-0.15, -0.1) is 0 Å². The molecule has 2 heterocycles. The van der Waals surface area contributed by atoms with E-state index in [9.17, 15) is 9.90 Å². The molecular formula is C21H33N3O2. The van der Waals surface area contributed by atoms with Gasteiger partial charge in [-0.2, -0.15) is 0 Å². The number of aliphatic hydroxyl groups is 1. The highest BCUT2D eigenvalue weighted by Gasteiger charge is 2.43. The van der Waals surface area contributed by atoms with E-state index in [2.05, 4.69) is 49.0 Å². The molecule has 5 heteroatoms. The Balaban J connectivity index is 1.63. The van der Waals surface area contributed by atoms with Crippen molar-refractivity contribution in [1.29, 1.82) is 0 Å². The van der Waals surface area contributed by atoms with Crippen LogP contribution in [0.3, 0.4) is 0 Å². The lowest BCUT2D eigenvalue weighted by atomic mass is 9.89. The Kier molecular flexibility index (Phi) is 6.00. The van der Waals surface area contributed by atoms with Gasteiger partial charge in [-0.25, -0.2) is 0 Å². The predicted molar refractivity (Wildman–Crippen MR) is 104 cm³/mol. The van der Waals surface area contributed by atoms with Crippen LogP contribution in [0.2, 0.25) is 0 Å². The Morgan fingerprint density at radius 1 is 1.27 bits per heavy atom. The summed E-state index contributed by atoms with van der Waals surface area (Å²) in [7, 11) is 4.21. The average molecular weight is 360 g/mol. The standard InChI is InChI=1S/C21H33N3O2/c1-17-6-4-7-18(14-17)15-24-11-5-10-21(26,20(24)25)16-23(3)19-8-12-22(2)13-9-19/h4,6-7,14,19,26H,5,8-13,15-16H2,1-3H3/t21-/m0/s1. The molecule has 1 aromatic rings. The van der Waals surface area contributed by atoms with E-state index in [4.69, 9.17) is 0 Å². The third-order valence-electron chi connectivity index (χ3n) is 5.98. The Labute approximate surface area is 157 Å². The number of hydrogen-bond acceptors (Lipinski definition) is 4. The highest BCUT2D eigenvalue weighted by atomic mass is 16.3. The van der Waals surface area contributed by atoms with E-state index >= 15 is 0 Å². The fourth-order valence-corrected chi connectivity index (χ4v) is 4.37. The van der Waals surface area contributed by atoms with Crippen molar-refractivity contribution in [3.63, 3.8) is 0 Å². The predicted octanol–water partition coefficient (Wildman–Crippen LogP) is 1.87. The van der Waals surface area contributed by atoms with E-state index in [1.54, 1.807) is 0 Å². The van der Waals surface area contributed by atoms with E-state index in [0.29, 0.717) is 25.6 Å². The van der Waals surface area contributed by atoms with Gasteiger partial charge in [-0.3, -0.25) is 9.69 Å². The van der Waals surface area contributed by atoms with E-state index in [1.807, 2.05) is 11.0 Å². The zero-order valence-corrected chi connectivity index (χ0v) is 16.4. The molecular weight excluding hydrogens is 326 g/mol. The van der Waals surface area contributed by atoms with Crippen molar-refractivity contribution < 1.29 is 9.90 Å². The van der Waals surface area contributed by atoms with Gasteiger partial charge in [0.05, 0.1) is 0 Å². The molecule has 1 N–H and O–H groups in total. The number of rotatable bonds is 5. The SMILES string of the molecule is Cc1cccc(CN2CCC[C@](O)(CN(C)C3CCN(C)CC3)C2=O)c1. The summed E-state index contributed by atoms with van der Waals surface area (Å²) in [6.07, 6.45) is 3.62. The molecule has 5 nitrogen and oxygen atoms in total. The van der Waals surface area contributed by atoms with E-state index < -0.39 is 5.60 Å². The first-order valence-electron chi connectivity index (χ1n) is 9.83. The van der Waals surface area contributed by atoms with Crippen molar-refractivity contribution in [2.75, 3.05) is 40.3 Å². The summed E-state index contributed by atoms with van der Waals surface area (Å²) in [6.45, 7) is 5.98. The first kappa shape index (κ1) is 19.3. The summed E-state index contributed by atoms with van der Waals surface area (Å²) in [4.78, 5) is 19.4. The largest absolute Gasteiger partial charge is 0.379 e. The van der Waals surface area contributed by atoms with Crippen LogP contribution in [0.25, 0.3) is 0 Å². The average Bonchev–Trinajstić information content (AvgIpc) is 2.60. The molecule has 26 heavy (non-hydrogen) atoms. The van der Waals surface area contributed by atoms with Gasteiger partial charge >= 0.3 is 0 Å². The van der Waals surface area contributed by atoms with Gasteiger partial charge in [-0.1, -0.05) is 29.8 Å². The number of hydrogen-bond donors (Lipinski definition) is 1. The summed E-state index contributed by atoms with van der Waals surface area (Å²) >= 11 is 0. The maximum atomic E-state index is 13.0. The Bertz CT molecular complexity index is 627. The first-order valence-corrected chi connectivity index (χ1v) is 9.83. The van der Waals surface area contributed by atoms with Gasteiger partial charge in [0.15, 0.2) is 5.60 Å². The Morgan fingerprint density at radius 2 is 2.00 bits per heavy atom. The minimum atomic E-state index is -1.25. The number of benzene rings is 1. The topological polar surface area (TPSA) is 47.0 Å². The van der Waals surface area contributed by atoms with Crippen LogP contribution in [-0.4, -0.2) is 77.6 Å². The summed E-state index contributed by atoms with van der Waals surface area (Å²) < 4.78 is 0. The molecule has 2 fully saturated rings. The van der Waals surface area contributed by atoms with Gasteiger partial charge in [0.2, 0.25) is 0 Å². The van der Waals surface area contributed by atoms with Crippen LogP contribution in [0.4, 0.5) is 0 Å². The Hall–Kier alpha value is -1.43. The van der Waals surface area contributed by atoms with E-state index in [0.717, 1.165) is 44.5 Å². The van der Waals surface area contributed by atoms with Gasteiger partial charge in [-0.05, 0) is 65.4 Å². The van der Waals surface area contributed by atoms with Crippen molar-refractivity contribution >= 4 is 5.91 Å². The van der Waals surface area contributed by atoms with Crippen molar-refractivity contribution in [3.8, 4) is 0 Å². The number of amides is 1. The van der Waals surface area contributed by atoms with Crippen molar-refractivity contribution in [2.45, 2.75) is 50.8 Å². The number of carbonyl (C=O) groups excluding carboxylic acids is 1. The van der Waals surface area contributed by atoms with Crippen LogP contribution < -0.4 is 0 Å². The smallest absolute Gasteiger partial charge is 0.256 e. The molecule has 0 saturated carbocycles. The van der Waals surface area contributed by atoms with Crippen molar-refractivity contribution in [3.05, 3.63) is 35.4 Å². The third-order valence-corrected chi connectivity index (χ3v) is 5.98. The second kappa shape index (κ2) is 8.07. The van der Waals surface area contributed by atoms with E-state index in [1.165, 1.54) is 5.56 Å². The van der Waals surface area contributed by atoms with Gasteiger partial charge < -0.3 is 14.9 Å². The summed E-state index contributed by atoms with van der Waals surface area (Å²) in [6, 6.07) is 8.72. The quantitative estimate of drug-likeness (QED) is 0.872. The molecule has 0 radical (unpaired) electrons. The molecule has 0 unspecified atom stereocenters. The third kappa shape index (κ3) is 4.45. The number of likely N-dealkylation sites (tertiary alicyclic amines) is 2. The maximum absolute atomic E-state index is 13.0. The Morgan fingerprint density at radius 3 is 2.69 bits per heavy atom. The number of carbonyl (C=O) groups is 1. The minimum absolute atomic E-state index is 0.106. The van der Waals surface area contributed by atoms with Crippen LogP contribution in [-0.2, 0) is 11.3 Å². The van der Waals surface area contributed by atoms with Crippen LogP contribution in [0, 0.1) is 6.92 Å². The number of aryl methyl sites for hydroxylation is 1. The van der Waals surface area contributed by atoms with Crippen molar-refractivity contribution in [2.24, 2.45) is 0 Å². The number of piperidine rings is 2. The molecule has 3 rings (SSSR count). The molecule has 1 aromatic carbocycles. The molecule has 0 spiro atoms. The van der Waals surface area contributed by atoms with Crippen LogP contribution in [0.5, 0.6) is 0 Å². The highest BCUT2D eigenvalue weighted by Crippen LogP contribution is 2.27. The molecule has 144 valence electrons. The van der Waals surface area contributed by atoms with Crippen LogP contribution in [0.15, 0.2) is 24.3 Å². The zero-order chi connectivity index (χ0) is 18.7. The van der Waals surface area contributed by atoms with Crippen LogP contribution >= 0.6 is 0 Å². The van der Waals surface area contributed by atoms with Gasteiger partial charge in [0, 0.05) is 25.7 Å². The molecule has 0 aromatic heterocycles. The lowest BCUT2D eigenvalue weighted by molar-refractivity contribution is -0.160. The van der Waals surface area contributed by atoms with Crippen molar-refractivity contribution in [1.82, 2.24) is 14.7 Å². The van der Waals surface area contributed by atoms with E-state index in [-0.39, 0.29) is 5.91 Å². The second-order valence-electron chi connectivity index (χ2n) is 8.30. The van der Waals surface area contributed by atoms with Crippen LogP contribution in [0.1, 0.15) is 36.8 Å². The van der Waals surface area contributed by atoms with Gasteiger partial charge in [0.25, 0.3) is 5.91 Å². The second-order valence-corrected chi connectivity index (χ2v) is 8.30. The molecule has 2 aliphatic rings. The van der Waals surface area contributed by atoms with Gasteiger partial charge in [0.1, 0.15) is 0 Å². The summed E-state index contributed by atoms with van der Waals surface area (Å²) in [5.74, 6) is -0.106. The number of nitrogens with zero attached hydrogens (tertiary/aromatic N) is 3. The summed E-state index contributed by atoms with van der Waals surface area (Å²) in [5.41, 5.74) is 1.08. The first-order chi connectivity index (χ1) is 12.4. The zero-order valence-electron chi connectivity index (χ0n) is 16.4. The molecule has 0 aliphatic carbocycles. The molecule has 2 saturated heterocycles. The lowest BCUT2D eigenvalue weighted by Crippen LogP contribution is -2.59. The highest BCUT2D eigenvalue weighted by molar-refractivity contribution is 5.86. The summed E-state index contributed by atoms with van der Waals surface area (Å²) in [5, 5.41) is 11.2. The molecule has 0 bridgehead atoms. The fourth-order valence-electron chi connectivity index (χ4n) is 4.37. The molecule has 1 amide bonds. The monoisotopic (exact) mass is 359 g/mol.